The van der Waals surface area contributed by atoms with E-state index >= 15 is 0 Å². The van der Waals surface area contributed by atoms with Gasteiger partial charge in [0.05, 0.1) is 13.5 Å². The van der Waals surface area contributed by atoms with Crippen LogP contribution in [0.5, 0.6) is 5.75 Å². The van der Waals surface area contributed by atoms with Gasteiger partial charge in [0.25, 0.3) is 0 Å². The minimum atomic E-state index is 0.0710. The minimum Gasteiger partial charge on any atom is -0.496 e. The number of hydrogen-bond donors (Lipinski definition) is 1. The molecule has 0 spiro atoms. The molecule has 4 heteroatoms. The van der Waals surface area contributed by atoms with Crippen molar-refractivity contribution < 1.29 is 9.53 Å². The zero-order chi connectivity index (χ0) is 14.4. The SMILES string of the molecule is COc1ccccc1CC(=O)NCC1(CBr)CCCC1. The Kier molecular flexibility index (Phi) is 5.46. The van der Waals surface area contributed by atoms with Crippen LogP contribution < -0.4 is 10.1 Å². The Morgan fingerprint density at radius 1 is 1.35 bits per heavy atom. The standard InChI is InChI=1S/C16H22BrNO2/c1-20-14-7-3-2-6-13(14)10-15(19)18-12-16(11-17)8-4-5-9-16/h2-3,6-7H,4-5,8-12H2,1H3,(H,18,19). The van der Waals surface area contributed by atoms with Gasteiger partial charge in [-0.2, -0.15) is 0 Å². The number of nitrogens with one attached hydrogen (secondary N) is 1. The summed E-state index contributed by atoms with van der Waals surface area (Å²) in [6.07, 6.45) is 5.32. The lowest BCUT2D eigenvalue weighted by Crippen LogP contribution is -2.37. The van der Waals surface area contributed by atoms with Gasteiger partial charge in [0.1, 0.15) is 5.75 Å². The molecule has 0 saturated heterocycles. The largest absolute Gasteiger partial charge is 0.496 e. The molecule has 1 N–H and O–H groups in total. The van der Waals surface area contributed by atoms with E-state index in [0.29, 0.717) is 6.42 Å². The van der Waals surface area contributed by atoms with Crippen LogP contribution in [0, 0.1) is 5.41 Å². The van der Waals surface area contributed by atoms with E-state index < -0.39 is 0 Å². The predicted molar refractivity (Wildman–Crippen MR) is 84.4 cm³/mol. The van der Waals surface area contributed by atoms with Gasteiger partial charge in [-0.15, -0.1) is 0 Å². The number of benzene rings is 1. The summed E-state index contributed by atoms with van der Waals surface area (Å²) in [5, 5.41) is 4.06. The lowest BCUT2D eigenvalue weighted by atomic mass is 9.89. The fraction of sp³-hybridized carbons (Fsp3) is 0.562. The molecule has 0 atom stereocenters. The first kappa shape index (κ1) is 15.4. The van der Waals surface area contributed by atoms with Crippen molar-refractivity contribution in [1.82, 2.24) is 5.32 Å². The number of hydrogen-bond acceptors (Lipinski definition) is 2. The third-order valence-electron chi connectivity index (χ3n) is 4.15. The van der Waals surface area contributed by atoms with Gasteiger partial charge < -0.3 is 10.1 Å². The molecule has 20 heavy (non-hydrogen) atoms. The molecule has 1 aliphatic carbocycles. The molecule has 0 bridgehead atoms. The molecule has 0 heterocycles. The van der Waals surface area contributed by atoms with Gasteiger partial charge in [-0.05, 0) is 24.3 Å². The van der Waals surface area contributed by atoms with Crippen LogP contribution in [0.4, 0.5) is 0 Å². The Labute approximate surface area is 129 Å². The molecular weight excluding hydrogens is 318 g/mol. The van der Waals surface area contributed by atoms with E-state index in [1.54, 1.807) is 7.11 Å². The van der Waals surface area contributed by atoms with Gasteiger partial charge >= 0.3 is 0 Å². The van der Waals surface area contributed by atoms with Crippen molar-refractivity contribution in [2.75, 3.05) is 19.0 Å². The number of rotatable bonds is 6. The topological polar surface area (TPSA) is 38.3 Å². The maximum atomic E-state index is 12.1. The monoisotopic (exact) mass is 339 g/mol. The first-order valence-electron chi connectivity index (χ1n) is 7.14. The van der Waals surface area contributed by atoms with E-state index in [4.69, 9.17) is 4.74 Å². The smallest absolute Gasteiger partial charge is 0.224 e. The van der Waals surface area contributed by atoms with Crippen molar-refractivity contribution in [2.45, 2.75) is 32.1 Å². The third kappa shape index (κ3) is 3.75. The van der Waals surface area contributed by atoms with Gasteiger partial charge in [0, 0.05) is 17.4 Å². The fourth-order valence-electron chi connectivity index (χ4n) is 2.85. The Morgan fingerprint density at radius 2 is 2.05 bits per heavy atom. The summed E-state index contributed by atoms with van der Waals surface area (Å²) in [5.74, 6) is 0.848. The van der Waals surface area contributed by atoms with Gasteiger partial charge in [0.2, 0.25) is 5.91 Å². The highest BCUT2D eigenvalue weighted by atomic mass is 79.9. The lowest BCUT2D eigenvalue weighted by Gasteiger charge is -2.26. The summed E-state index contributed by atoms with van der Waals surface area (Å²) in [6.45, 7) is 0.770. The van der Waals surface area contributed by atoms with Crippen LogP contribution in [0.2, 0.25) is 0 Å². The zero-order valence-corrected chi connectivity index (χ0v) is 13.5. The van der Waals surface area contributed by atoms with E-state index in [9.17, 15) is 4.79 Å². The number of carbonyl (C=O) groups is 1. The molecule has 0 radical (unpaired) electrons. The van der Waals surface area contributed by atoms with Gasteiger partial charge in [-0.3, -0.25) is 4.79 Å². The number of carbonyl (C=O) groups excluding carboxylic acids is 1. The molecular formula is C16H22BrNO2. The number of methoxy groups -OCH3 is 1. The zero-order valence-electron chi connectivity index (χ0n) is 12.0. The van der Waals surface area contributed by atoms with Crippen LogP contribution in [0.15, 0.2) is 24.3 Å². The third-order valence-corrected chi connectivity index (χ3v) is 5.34. The lowest BCUT2D eigenvalue weighted by molar-refractivity contribution is -0.120. The molecule has 1 fully saturated rings. The fourth-order valence-corrected chi connectivity index (χ4v) is 3.61. The van der Waals surface area contributed by atoms with Crippen LogP contribution >= 0.6 is 15.9 Å². The molecule has 3 nitrogen and oxygen atoms in total. The van der Waals surface area contributed by atoms with Gasteiger partial charge in [-0.1, -0.05) is 47.0 Å². The summed E-state index contributed by atoms with van der Waals surface area (Å²) in [4.78, 5) is 12.1. The second kappa shape index (κ2) is 7.11. The summed E-state index contributed by atoms with van der Waals surface area (Å²) >= 11 is 3.60. The second-order valence-corrected chi connectivity index (χ2v) is 6.17. The quantitative estimate of drug-likeness (QED) is 0.807. The number of amides is 1. The summed E-state index contributed by atoms with van der Waals surface area (Å²) in [5.41, 5.74) is 1.20. The van der Waals surface area contributed by atoms with E-state index in [-0.39, 0.29) is 11.3 Å². The van der Waals surface area contributed by atoms with Crippen LogP contribution in [0.1, 0.15) is 31.2 Å². The van der Waals surface area contributed by atoms with Crippen molar-refractivity contribution >= 4 is 21.8 Å². The Morgan fingerprint density at radius 3 is 2.70 bits per heavy atom. The molecule has 2 rings (SSSR count). The molecule has 0 aromatic heterocycles. The number of alkyl halides is 1. The predicted octanol–water partition coefficient (Wildman–Crippen LogP) is 3.31. The number of halogens is 1. The Balaban J connectivity index is 1.89. The molecule has 0 unspecified atom stereocenters. The number of para-hydroxylation sites is 1. The van der Waals surface area contributed by atoms with Crippen molar-refractivity contribution in [1.29, 1.82) is 0 Å². The van der Waals surface area contributed by atoms with E-state index in [1.807, 2.05) is 24.3 Å². The molecule has 1 amide bonds. The van der Waals surface area contributed by atoms with Crippen LogP contribution in [-0.4, -0.2) is 24.9 Å². The van der Waals surface area contributed by atoms with Crippen LogP contribution in [-0.2, 0) is 11.2 Å². The average Bonchev–Trinajstić information content (AvgIpc) is 2.95. The maximum Gasteiger partial charge on any atom is 0.224 e. The molecule has 110 valence electrons. The average molecular weight is 340 g/mol. The number of ether oxygens (including phenoxy) is 1. The Hall–Kier alpha value is -1.03. The Bertz CT molecular complexity index is 456. The molecule has 1 aliphatic rings. The van der Waals surface area contributed by atoms with E-state index in [1.165, 1.54) is 25.7 Å². The highest BCUT2D eigenvalue weighted by Gasteiger charge is 2.32. The van der Waals surface area contributed by atoms with Crippen molar-refractivity contribution in [3.63, 3.8) is 0 Å². The van der Waals surface area contributed by atoms with Crippen LogP contribution in [0.3, 0.4) is 0 Å². The second-order valence-electron chi connectivity index (χ2n) is 5.61. The van der Waals surface area contributed by atoms with Crippen molar-refractivity contribution in [2.24, 2.45) is 5.41 Å². The normalized spacial score (nSPS) is 16.9. The molecule has 1 aromatic carbocycles. The molecule has 0 aliphatic heterocycles. The summed E-state index contributed by atoms with van der Waals surface area (Å²) in [6, 6.07) is 7.68. The highest BCUT2D eigenvalue weighted by Crippen LogP contribution is 2.38. The van der Waals surface area contributed by atoms with Crippen molar-refractivity contribution in [3.05, 3.63) is 29.8 Å². The highest BCUT2D eigenvalue weighted by molar-refractivity contribution is 9.09. The minimum absolute atomic E-state index is 0.0710. The van der Waals surface area contributed by atoms with Crippen molar-refractivity contribution in [3.8, 4) is 5.75 Å². The molecule has 1 aromatic rings. The van der Waals surface area contributed by atoms with Crippen LogP contribution in [0.25, 0.3) is 0 Å². The van der Waals surface area contributed by atoms with E-state index in [2.05, 4.69) is 21.2 Å². The maximum absolute atomic E-state index is 12.1. The first-order chi connectivity index (χ1) is 9.69. The summed E-state index contributed by atoms with van der Waals surface area (Å²) in [7, 11) is 1.63. The first-order valence-corrected chi connectivity index (χ1v) is 8.26. The molecule has 1 saturated carbocycles. The van der Waals surface area contributed by atoms with E-state index in [0.717, 1.165) is 23.2 Å². The van der Waals surface area contributed by atoms with Gasteiger partial charge in [-0.25, -0.2) is 0 Å². The van der Waals surface area contributed by atoms with Gasteiger partial charge in [0.15, 0.2) is 0 Å². The summed E-state index contributed by atoms with van der Waals surface area (Å²) < 4.78 is 5.28.